The van der Waals surface area contributed by atoms with Gasteiger partial charge in [0.15, 0.2) is 0 Å². The Kier molecular flexibility index (Phi) is 17.2. The normalized spacial score (nSPS) is 12.3. The molecule has 0 aliphatic heterocycles. The van der Waals surface area contributed by atoms with Crippen molar-refractivity contribution in [3.8, 4) is 0 Å². The maximum Gasteiger partial charge on any atom is 0.305 e. The second kappa shape index (κ2) is 17.7. The minimum absolute atomic E-state index is 0.0939. The fourth-order valence-corrected chi connectivity index (χ4v) is 2.77. The molecule has 0 saturated heterocycles. The fraction of sp³-hybridized carbons (Fsp3) is 0.947. The van der Waals surface area contributed by atoms with Crippen LogP contribution in [0.15, 0.2) is 0 Å². The zero-order chi connectivity index (χ0) is 17.2. The van der Waals surface area contributed by atoms with E-state index in [-0.39, 0.29) is 5.97 Å². The van der Waals surface area contributed by atoms with Crippen molar-refractivity contribution >= 4 is 5.97 Å². The van der Waals surface area contributed by atoms with Crippen molar-refractivity contribution < 1.29 is 19.0 Å². The topological polar surface area (TPSA) is 46.5 Å². The maximum atomic E-state index is 12.0. The van der Waals surface area contributed by atoms with Gasteiger partial charge in [-0.15, -0.1) is 0 Å². The highest BCUT2D eigenvalue weighted by molar-refractivity contribution is 5.68. The third kappa shape index (κ3) is 17.5. The third-order valence-electron chi connectivity index (χ3n) is 4.32. The number of ether oxygens (including phenoxy) is 1. The first-order valence-corrected chi connectivity index (χ1v) is 9.51. The Morgan fingerprint density at radius 1 is 0.826 bits per heavy atom. The van der Waals surface area contributed by atoms with Crippen molar-refractivity contribution in [2.75, 3.05) is 13.8 Å². The van der Waals surface area contributed by atoms with Gasteiger partial charge in [-0.2, -0.15) is 0 Å². The standard InChI is InChI=1S/C19H37FO3/c1-23-19(22)16-14-12-10-8-6-4-2-3-5-7-9-11-13-15-18(21)17-20/h18,21H,2-17H2,1H3. The molecule has 0 amide bonds. The molecular formula is C19H37FO3. The van der Waals surface area contributed by atoms with Gasteiger partial charge >= 0.3 is 5.97 Å². The number of alkyl halides is 1. The van der Waals surface area contributed by atoms with Gasteiger partial charge in [-0.3, -0.25) is 4.79 Å². The Balaban J connectivity index is 3.04. The minimum atomic E-state index is -0.740. The van der Waals surface area contributed by atoms with E-state index in [0.717, 1.165) is 25.7 Å². The number of hydrogen-bond acceptors (Lipinski definition) is 3. The molecule has 1 atom stereocenters. The number of esters is 1. The zero-order valence-corrected chi connectivity index (χ0v) is 15.0. The average molecular weight is 332 g/mol. The molecule has 0 rings (SSSR count). The Labute approximate surface area is 142 Å². The lowest BCUT2D eigenvalue weighted by Crippen LogP contribution is -2.07. The van der Waals surface area contributed by atoms with Gasteiger partial charge < -0.3 is 9.84 Å². The highest BCUT2D eigenvalue weighted by atomic mass is 19.1. The van der Waals surface area contributed by atoms with Crippen molar-refractivity contribution in [2.45, 2.75) is 102 Å². The van der Waals surface area contributed by atoms with Crippen LogP contribution in [0, 0.1) is 0 Å². The molecule has 0 spiro atoms. The molecule has 1 unspecified atom stereocenters. The predicted octanol–water partition coefficient (Wildman–Crippen LogP) is 5.34. The number of unbranched alkanes of at least 4 members (excludes halogenated alkanes) is 12. The van der Waals surface area contributed by atoms with Crippen molar-refractivity contribution in [1.82, 2.24) is 0 Å². The number of aliphatic hydroxyl groups excluding tert-OH is 1. The van der Waals surface area contributed by atoms with Crippen LogP contribution in [0.4, 0.5) is 4.39 Å². The smallest absolute Gasteiger partial charge is 0.305 e. The van der Waals surface area contributed by atoms with E-state index < -0.39 is 12.8 Å². The average Bonchev–Trinajstić information content (AvgIpc) is 2.57. The van der Waals surface area contributed by atoms with E-state index in [2.05, 4.69) is 4.74 Å². The predicted molar refractivity (Wildman–Crippen MR) is 93.3 cm³/mol. The quantitative estimate of drug-likeness (QED) is 0.289. The summed E-state index contributed by atoms with van der Waals surface area (Å²) in [5, 5.41) is 9.09. The van der Waals surface area contributed by atoms with E-state index in [9.17, 15) is 9.18 Å². The van der Waals surface area contributed by atoms with Crippen LogP contribution in [0.5, 0.6) is 0 Å². The van der Waals surface area contributed by atoms with Crippen LogP contribution in [-0.4, -0.2) is 31.0 Å². The number of aliphatic hydroxyl groups is 1. The van der Waals surface area contributed by atoms with Crippen molar-refractivity contribution in [1.29, 1.82) is 0 Å². The van der Waals surface area contributed by atoms with Crippen LogP contribution in [0.25, 0.3) is 0 Å². The van der Waals surface area contributed by atoms with E-state index in [4.69, 9.17) is 5.11 Å². The molecule has 1 N–H and O–H groups in total. The van der Waals surface area contributed by atoms with Gasteiger partial charge in [0.25, 0.3) is 0 Å². The van der Waals surface area contributed by atoms with Crippen LogP contribution in [0.2, 0.25) is 0 Å². The van der Waals surface area contributed by atoms with E-state index in [1.54, 1.807) is 0 Å². The van der Waals surface area contributed by atoms with Gasteiger partial charge in [-0.05, 0) is 12.8 Å². The summed E-state index contributed by atoms with van der Waals surface area (Å²) in [5.74, 6) is -0.0939. The second-order valence-corrected chi connectivity index (χ2v) is 6.52. The Morgan fingerprint density at radius 3 is 1.61 bits per heavy atom. The largest absolute Gasteiger partial charge is 0.469 e. The zero-order valence-electron chi connectivity index (χ0n) is 15.0. The van der Waals surface area contributed by atoms with Crippen molar-refractivity contribution in [3.05, 3.63) is 0 Å². The van der Waals surface area contributed by atoms with Crippen molar-refractivity contribution in [3.63, 3.8) is 0 Å². The second-order valence-electron chi connectivity index (χ2n) is 6.52. The molecule has 4 heteroatoms. The molecule has 0 aliphatic carbocycles. The van der Waals surface area contributed by atoms with E-state index in [1.807, 2.05) is 0 Å². The molecule has 138 valence electrons. The van der Waals surface area contributed by atoms with E-state index >= 15 is 0 Å². The van der Waals surface area contributed by atoms with Crippen LogP contribution in [0.3, 0.4) is 0 Å². The lowest BCUT2D eigenvalue weighted by molar-refractivity contribution is -0.140. The van der Waals surface area contributed by atoms with Crippen molar-refractivity contribution in [2.24, 2.45) is 0 Å². The van der Waals surface area contributed by atoms with E-state index in [0.29, 0.717) is 12.8 Å². The number of carbonyl (C=O) groups excluding carboxylic acids is 1. The van der Waals surface area contributed by atoms with Crippen LogP contribution < -0.4 is 0 Å². The lowest BCUT2D eigenvalue weighted by Gasteiger charge is -2.05. The molecule has 0 bridgehead atoms. The summed E-state index contributed by atoms with van der Waals surface area (Å²) in [4.78, 5) is 10.9. The van der Waals surface area contributed by atoms with Gasteiger partial charge in [0.1, 0.15) is 6.67 Å². The summed E-state index contributed by atoms with van der Waals surface area (Å²) in [6, 6.07) is 0. The molecule has 0 radical (unpaired) electrons. The molecule has 23 heavy (non-hydrogen) atoms. The molecule has 0 aliphatic rings. The van der Waals surface area contributed by atoms with Gasteiger partial charge in [0.05, 0.1) is 13.2 Å². The number of methoxy groups -OCH3 is 1. The molecular weight excluding hydrogens is 295 g/mol. The number of carbonyl (C=O) groups is 1. The molecule has 0 aromatic heterocycles. The third-order valence-corrected chi connectivity index (χ3v) is 4.32. The number of halogens is 1. The lowest BCUT2D eigenvalue weighted by atomic mass is 10.0. The van der Waals surface area contributed by atoms with Gasteiger partial charge in [0, 0.05) is 6.42 Å². The SMILES string of the molecule is COC(=O)CCCCCCCCCCCCCCCC(O)CF. The number of rotatable bonds is 17. The Hall–Kier alpha value is -0.640. The molecule has 0 aromatic carbocycles. The Bertz CT molecular complexity index is 259. The molecule has 0 fully saturated rings. The molecule has 0 aromatic rings. The first kappa shape index (κ1) is 22.4. The minimum Gasteiger partial charge on any atom is -0.469 e. The van der Waals surface area contributed by atoms with Crippen LogP contribution in [0.1, 0.15) is 96.3 Å². The summed E-state index contributed by atoms with van der Waals surface area (Å²) >= 11 is 0. The fourth-order valence-electron chi connectivity index (χ4n) is 2.77. The summed E-state index contributed by atoms with van der Waals surface area (Å²) in [5.41, 5.74) is 0. The summed E-state index contributed by atoms with van der Waals surface area (Å²) < 4.78 is 16.6. The highest BCUT2D eigenvalue weighted by Crippen LogP contribution is 2.13. The molecule has 0 saturated carbocycles. The Morgan fingerprint density at radius 2 is 1.22 bits per heavy atom. The first-order valence-electron chi connectivity index (χ1n) is 9.51. The highest BCUT2D eigenvalue weighted by Gasteiger charge is 2.02. The van der Waals surface area contributed by atoms with Gasteiger partial charge in [-0.25, -0.2) is 4.39 Å². The van der Waals surface area contributed by atoms with Gasteiger partial charge in [-0.1, -0.05) is 77.0 Å². The van der Waals surface area contributed by atoms with Gasteiger partial charge in [0.2, 0.25) is 0 Å². The molecule has 3 nitrogen and oxygen atoms in total. The monoisotopic (exact) mass is 332 g/mol. The van der Waals surface area contributed by atoms with Crippen LogP contribution in [-0.2, 0) is 9.53 Å². The van der Waals surface area contributed by atoms with Crippen LogP contribution >= 0.6 is 0 Å². The molecule has 0 heterocycles. The number of hydrogen-bond donors (Lipinski definition) is 1. The summed E-state index contributed by atoms with van der Waals surface area (Å²) in [6.07, 6.45) is 16.1. The maximum absolute atomic E-state index is 12.0. The first-order chi connectivity index (χ1) is 11.2. The van der Waals surface area contributed by atoms with E-state index in [1.165, 1.54) is 64.9 Å². The summed E-state index contributed by atoms with van der Waals surface area (Å²) in [6.45, 7) is -0.606. The summed E-state index contributed by atoms with van der Waals surface area (Å²) in [7, 11) is 1.44.